The first-order valence-corrected chi connectivity index (χ1v) is 11.9. The van der Waals surface area contributed by atoms with Crippen molar-refractivity contribution in [3.8, 4) is 0 Å². The van der Waals surface area contributed by atoms with E-state index < -0.39 is 0 Å². The van der Waals surface area contributed by atoms with Crippen LogP contribution in [0.2, 0.25) is 0 Å². The predicted octanol–water partition coefficient (Wildman–Crippen LogP) is 5.96. The van der Waals surface area contributed by atoms with Gasteiger partial charge in [-0.15, -0.1) is 23.1 Å². The molecule has 3 rings (SSSR count). The number of nitrogens with one attached hydrogen (secondary N) is 2. The smallest absolute Gasteiger partial charge is 0.252 e. The van der Waals surface area contributed by atoms with E-state index in [0.717, 1.165) is 28.3 Å². The topological polar surface area (TPSA) is 58.2 Å². The van der Waals surface area contributed by atoms with Gasteiger partial charge < -0.3 is 10.6 Å². The van der Waals surface area contributed by atoms with Gasteiger partial charge in [-0.05, 0) is 47.7 Å². The van der Waals surface area contributed by atoms with E-state index in [4.69, 9.17) is 0 Å². The van der Waals surface area contributed by atoms with Crippen molar-refractivity contribution in [3.05, 3.63) is 82.0 Å². The summed E-state index contributed by atoms with van der Waals surface area (Å²) in [6, 6.07) is 19.4. The zero-order valence-electron chi connectivity index (χ0n) is 17.2. The van der Waals surface area contributed by atoms with Crippen LogP contribution in [0.5, 0.6) is 0 Å². The Morgan fingerprint density at radius 1 is 1.07 bits per heavy atom. The molecule has 0 aliphatic carbocycles. The van der Waals surface area contributed by atoms with Crippen LogP contribution in [0.1, 0.15) is 41.1 Å². The number of thiophene rings is 1. The summed E-state index contributed by atoms with van der Waals surface area (Å²) in [7, 11) is 0. The average Bonchev–Trinajstić information content (AvgIpc) is 3.29. The van der Waals surface area contributed by atoms with Crippen molar-refractivity contribution < 1.29 is 9.59 Å². The lowest BCUT2D eigenvalue weighted by atomic mass is 10.1. The Morgan fingerprint density at radius 2 is 1.90 bits per heavy atom. The second kappa shape index (κ2) is 11.0. The summed E-state index contributed by atoms with van der Waals surface area (Å²) in [5, 5.41) is 8.00. The van der Waals surface area contributed by atoms with Gasteiger partial charge in [-0.2, -0.15) is 0 Å². The number of amides is 2. The summed E-state index contributed by atoms with van der Waals surface area (Å²) in [6.45, 7) is 4.30. The molecular formula is C24H26N2O2S2. The van der Waals surface area contributed by atoms with Crippen LogP contribution in [0, 0.1) is 5.92 Å². The van der Waals surface area contributed by atoms with Crippen molar-refractivity contribution in [3.63, 3.8) is 0 Å². The minimum absolute atomic E-state index is 0.00961. The first-order chi connectivity index (χ1) is 14.6. The molecular weight excluding hydrogens is 412 g/mol. The molecule has 6 heteroatoms. The number of carbonyl (C=O) groups excluding carboxylic acids is 2. The molecule has 2 aromatic carbocycles. The molecule has 156 valence electrons. The number of rotatable bonds is 9. The van der Waals surface area contributed by atoms with Crippen LogP contribution in [0.25, 0.3) is 0 Å². The number of hydrogen-bond donors (Lipinski definition) is 2. The lowest BCUT2D eigenvalue weighted by Gasteiger charge is -2.12. The maximum atomic E-state index is 12.8. The van der Waals surface area contributed by atoms with E-state index >= 15 is 0 Å². The second-order valence-corrected chi connectivity index (χ2v) is 9.10. The Kier molecular flexibility index (Phi) is 8.11. The molecule has 1 heterocycles. The van der Waals surface area contributed by atoms with E-state index in [1.165, 1.54) is 4.88 Å². The highest BCUT2D eigenvalue weighted by molar-refractivity contribution is 7.98. The molecule has 30 heavy (non-hydrogen) atoms. The predicted molar refractivity (Wildman–Crippen MR) is 126 cm³/mol. The first-order valence-electron chi connectivity index (χ1n) is 9.99. The van der Waals surface area contributed by atoms with E-state index in [2.05, 4.69) is 22.1 Å². The molecule has 0 saturated carbocycles. The van der Waals surface area contributed by atoms with Crippen LogP contribution in [0.15, 0.2) is 70.9 Å². The molecule has 0 aliphatic heterocycles. The van der Waals surface area contributed by atoms with E-state index in [1.807, 2.05) is 68.4 Å². The van der Waals surface area contributed by atoms with Crippen LogP contribution in [0.3, 0.4) is 0 Å². The lowest BCUT2D eigenvalue weighted by Crippen LogP contribution is -2.23. The van der Waals surface area contributed by atoms with Gasteiger partial charge in [-0.1, -0.05) is 44.2 Å². The Bertz CT molecular complexity index is 986. The summed E-state index contributed by atoms with van der Waals surface area (Å²) in [4.78, 5) is 27.2. The number of thioether (sulfide) groups is 1. The molecule has 0 aliphatic rings. The van der Waals surface area contributed by atoms with Crippen LogP contribution >= 0.6 is 23.1 Å². The van der Waals surface area contributed by atoms with Crippen molar-refractivity contribution in [2.24, 2.45) is 5.92 Å². The Hall–Kier alpha value is -2.57. The molecule has 2 N–H and O–H groups in total. The van der Waals surface area contributed by atoms with Gasteiger partial charge in [0, 0.05) is 33.7 Å². The van der Waals surface area contributed by atoms with Gasteiger partial charge in [0.15, 0.2) is 0 Å². The van der Waals surface area contributed by atoms with Crippen molar-refractivity contribution >= 4 is 40.6 Å². The Morgan fingerprint density at radius 3 is 2.67 bits per heavy atom. The van der Waals surface area contributed by atoms with Crippen LogP contribution in [-0.4, -0.2) is 11.8 Å². The molecule has 3 aromatic rings. The highest BCUT2D eigenvalue weighted by Crippen LogP contribution is 2.28. The zero-order chi connectivity index (χ0) is 21.3. The van der Waals surface area contributed by atoms with Gasteiger partial charge in [0.05, 0.1) is 5.56 Å². The van der Waals surface area contributed by atoms with E-state index in [9.17, 15) is 9.59 Å². The van der Waals surface area contributed by atoms with Crippen LogP contribution in [0.4, 0.5) is 5.69 Å². The van der Waals surface area contributed by atoms with Crippen LogP contribution in [-0.2, 0) is 17.1 Å². The van der Waals surface area contributed by atoms with Gasteiger partial charge in [-0.25, -0.2) is 0 Å². The molecule has 1 aromatic heterocycles. The fraction of sp³-hybridized carbons (Fsp3) is 0.250. The van der Waals surface area contributed by atoms with E-state index in [-0.39, 0.29) is 17.7 Å². The SMILES string of the molecule is CCC(C)C(=O)Nc1cccc(CNC(=O)c2ccccc2SCc2cccs2)c1. The van der Waals surface area contributed by atoms with Gasteiger partial charge in [0.25, 0.3) is 5.91 Å². The third-order valence-electron chi connectivity index (χ3n) is 4.79. The second-order valence-electron chi connectivity index (χ2n) is 7.05. The third-order valence-corrected chi connectivity index (χ3v) is 6.97. The molecule has 4 nitrogen and oxygen atoms in total. The van der Waals surface area contributed by atoms with Crippen LogP contribution < -0.4 is 10.6 Å². The molecule has 2 amide bonds. The van der Waals surface area contributed by atoms with Crippen molar-refractivity contribution in [1.82, 2.24) is 5.32 Å². The van der Waals surface area contributed by atoms with Crippen molar-refractivity contribution in [2.75, 3.05) is 5.32 Å². The van der Waals surface area contributed by atoms with Gasteiger partial charge in [0.2, 0.25) is 5.91 Å². The monoisotopic (exact) mass is 438 g/mol. The van der Waals surface area contributed by atoms with Crippen molar-refractivity contribution in [1.29, 1.82) is 0 Å². The van der Waals surface area contributed by atoms with E-state index in [0.29, 0.717) is 12.1 Å². The minimum atomic E-state index is -0.0988. The summed E-state index contributed by atoms with van der Waals surface area (Å²) in [5.41, 5.74) is 2.37. The largest absolute Gasteiger partial charge is 0.348 e. The van der Waals surface area contributed by atoms with Crippen molar-refractivity contribution in [2.45, 2.75) is 37.5 Å². The third kappa shape index (κ3) is 6.21. The van der Waals surface area contributed by atoms with E-state index in [1.54, 1.807) is 23.1 Å². The highest BCUT2D eigenvalue weighted by Gasteiger charge is 2.13. The van der Waals surface area contributed by atoms with Gasteiger partial charge in [-0.3, -0.25) is 9.59 Å². The number of hydrogen-bond acceptors (Lipinski definition) is 4. The Labute approximate surface area is 186 Å². The minimum Gasteiger partial charge on any atom is -0.348 e. The highest BCUT2D eigenvalue weighted by atomic mass is 32.2. The molecule has 0 spiro atoms. The standard InChI is InChI=1S/C24H26N2O2S2/c1-3-17(2)23(27)26-19-9-6-8-18(14-19)15-25-24(28)21-11-4-5-12-22(21)30-16-20-10-7-13-29-20/h4-14,17H,3,15-16H2,1-2H3,(H,25,28)(H,26,27). The maximum Gasteiger partial charge on any atom is 0.252 e. The lowest BCUT2D eigenvalue weighted by molar-refractivity contribution is -0.119. The number of carbonyl (C=O) groups is 2. The molecule has 0 fully saturated rings. The molecule has 1 unspecified atom stereocenters. The summed E-state index contributed by atoms with van der Waals surface area (Å²) >= 11 is 3.39. The summed E-state index contributed by atoms with van der Waals surface area (Å²) in [5.74, 6) is 0.727. The molecule has 0 saturated heterocycles. The quantitative estimate of drug-likeness (QED) is 0.406. The molecule has 1 atom stereocenters. The van der Waals surface area contributed by atoms with Gasteiger partial charge in [0.1, 0.15) is 0 Å². The summed E-state index contributed by atoms with van der Waals surface area (Å²) in [6.07, 6.45) is 0.797. The average molecular weight is 439 g/mol. The number of anilines is 1. The molecule has 0 bridgehead atoms. The fourth-order valence-electron chi connectivity index (χ4n) is 2.81. The number of benzene rings is 2. The maximum absolute atomic E-state index is 12.8. The summed E-state index contributed by atoms with van der Waals surface area (Å²) < 4.78 is 0. The normalized spacial score (nSPS) is 11.7. The van der Waals surface area contributed by atoms with Gasteiger partial charge >= 0.3 is 0 Å². The fourth-order valence-corrected chi connectivity index (χ4v) is 4.63. The Balaban J connectivity index is 1.61. The first kappa shape index (κ1) is 22.1. The zero-order valence-corrected chi connectivity index (χ0v) is 18.8. The molecule has 0 radical (unpaired) electrons.